The third-order valence-electron chi connectivity index (χ3n) is 2.83. The molecule has 1 N–H and O–H groups in total. The predicted octanol–water partition coefficient (Wildman–Crippen LogP) is 3.64. The Morgan fingerprint density at radius 2 is 2.00 bits per heavy atom. The number of ether oxygens (including phenoxy) is 2. The molecule has 0 unspecified atom stereocenters. The van der Waals surface area contributed by atoms with Crippen molar-refractivity contribution in [3.05, 3.63) is 22.7 Å². The van der Waals surface area contributed by atoms with Crippen LogP contribution in [0.15, 0.2) is 22.7 Å². The van der Waals surface area contributed by atoms with Gasteiger partial charge in [0.15, 0.2) is 0 Å². The first-order chi connectivity index (χ1) is 8.85. The van der Waals surface area contributed by atoms with Crippen LogP contribution in [0, 0.1) is 0 Å². The Morgan fingerprint density at radius 1 is 1.26 bits per heavy atom. The molecule has 1 aliphatic carbocycles. The van der Waals surface area contributed by atoms with E-state index in [1.807, 2.05) is 0 Å². The van der Waals surface area contributed by atoms with E-state index in [1.54, 1.807) is 0 Å². The Morgan fingerprint density at radius 3 is 2.53 bits per heavy atom. The highest BCUT2D eigenvalue weighted by Crippen LogP contribution is 2.34. The predicted molar refractivity (Wildman–Crippen MR) is 65.1 cm³/mol. The van der Waals surface area contributed by atoms with Gasteiger partial charge in [-0.1, -0.05) is 0 Å². The number of halogens is 4. The van der Waals surface area contributed by atoms with Crippen LogP contribution >= 0.6 is 15.9 Å². The summed E-state index contributed by atoms with van der Waals surface area (Å²) >= 11 is 3.00. The van der Waals surface area contributed by atoms with Crippen LogP contribution in [-0.2, 0) is 0 Å². The van der Waals surface area contributed by atoms with Gasteiger partial charge in [0, 0.05) is 0 Å². The number of aliphatic hydroxyl groups excluding tert-OH is 1. The van der Waals surface area contributed by atoms with Gasteiger partial charge in [-0.15, -0.1) is 13.2 Å². The molecular formula is C12H12BrF3O3. The molecule has 106 valence electrons. The summed E-state index contributed by atoms with van der Waals surface area (Å²) in [6, 6.07) is 3.96. The lowest BCUT2D eigenvalue weighted by Crippen LogP contribution is -2.25. The first-order valence-corrected chi connectivity index (χ1v) is 6.54. The summed E-state index contributed by atoms with van der Waals surface area (Å²) in [4.78, 5) is 0. The molecular weight excluding hydrogens is 329 g/mol. The fourth-order valence-electron chi connectivity index (χ4n) is 1.98. The van der Waals surface area contributed by atoms with E-state index in [2.05, 4.69) is 20.7 Å². The van der Waals surface area contributed by atoms with Crippen molar-refractivity contribution in [3.63, 3.8) is 0 Å². The molecule has 1 aromatic carbocycles. The van der Waals surface area contributed by atoms with Gasteiger partial charge in [0.25, 0.3) is 0 Å². The average molecular weight is 341 g/mol. The van der Waals surface area contributed by atoms with E-state index in [9.17, 15) is 18.3 Å². The minimum Gasteiger partial charge on any atom is -0.488 e. The fourth-order valence-corrected chi connectivity index (χ4v) is 2.42. The van der Waals surface area contributed by atoms with E-state index in [0.29, 0.717) is 12.2 Å². The van der Waals surface area contributed by atoms with Crippen molar-refractivity contribution in [2.24, 2.45) is 0 Å². The van der Waals surface area contributed by atoms with Gasteiger partial charge in [-0.25, -0.2) is 0 Å². The maximum Gasteiger partial charge on any atom is 0.573 e. The Kier molecular flexibility index (Phi) is 4.25. The maximum atomic E-state index is 12.1. The zero-order valence-electron chi connectivity index (χ0n) is 9.78. The van der Waals surface area contributed by atoms with E-state index in [0.717, 1.165) is 12.8 Å². The van der Waals surface area contributed by atoms with Gasteiger partial charge in [-0.2, -0.15) is 0 Å². The average Bonchev–Trinajstić information content (AvgIpc) is 2.67. The van der Waals surface area contributed by atoms with Crippen LogP contribution in [0.1, 0.15) is 19.3 Å². The van der Waals surface area contributed by atoms with E-state index >= 15 is 0 Å². The molecule has 1 saturated carbocycles. The van der Waals surface area contributed by atoms with Crippen molar-refractivity contribution >= 4 is 15.9 Å². The lowest BCUT2D eigenvalue weighted by molar-refractivity contribution is -0.274. The van der Waals surface area contributed by atoms with Crippen LogP contribution < -0.4 is 9.47 Å². The van der Waals surface area contributed by atoms with Crippen molar-refractivity contribution in [1.82, 2.24) is 0 Å². The summed E-state index contributed by atoms with van der Waals surface area (Å²) in [5, 5.41) is 9.62. The largest absolute Gasteiger partial charge is 0.573 e. The number of alkyl halides is 3. The zero-order chi connectivity index (χ0) is 14.0. The standard InChI is InChI=1S/C12H12BrF3O3/c13-8-6-7(18-11-3-1-2-9(11)17)4-5-10(8)19-12(14,15)16/h4-6,9,11,17H,1-3H2/t9-,11-/m1/s1. The molecule has 1 aliphatic rings. The molecule has 0 aliphatic heterocycles. The molecule has 0 saturated heterocycles. The summed E-state index contributed by atoms with van der Waals surface area (Å²) < 4.78 is 45.8. The third-order valence-corrected chi connectivity index (χ3v) is 3.45. The number of hydrogen-bond acceptors (Lipinski definition) is 3. The van der Waals surface area contributed by atoms with E-state index in [1.165, 1.54) is 18.2 Å². The van der Waals surface area contributed by atoms with Gasteiger partial charge in [-0.3, -0.25) is 0 Å². The van der Waals surface area contributed by atoms with Crippen molar-refractivity contribution in [2.75, 3.05) is 0 Å². The van der Waals surface area contributed by atoms with Gasteiger partial charge in [0.2, 0.25) is 0 Å². The Labute approximate surface area is 116 Å². The van der Waals surface area contributed by atoms with E-state index in [-0.39, 0.29) is 16.3 Å². The van der Waals surface area contributed by atoms with Crippen LogP contribution in [0.3, 0.4) is 0 Å². The molecule has 1 aromatic rings. The molecule has 2 atom stereocenters. The molecule has 0 radical (unpaired) electrons. The lowest BCUT2D eigenvalue weighted by atomic mass is 10.2. The molecule has 0 amide bonds. The van der Waals surface area contributed by atoms with Gasteiger partial charge in [0.05, 0.1) is 10.6 Å². The van der Waals surface area contributed by atoms with Crippen LogP contribution in [0.2, 0.25) is 0 Å². The molecule has 7 heteroatoms. The molecule has 3 nitrogen and oxygen atoms in total. The van der Waals surface area contributed by atoms with Crippen molar-refractivity contribution in [2.45, 2.75) is 37.8 Å². The topological polar surface area (TPSA) is 38.7 Å². The second-order valence-electron chi connectivity index (χ2n) is 4.29. The quantitative estimate of drug-likeness (QED) is 0.912. The van der Waals surface area contributed by atoms with Crippen molar-refractivity contribution in [3.8, 4) is 11.5 Å². The normalized spacial score (nSPS) is 23.4. The second kappa shape index (κ2) is 5.58. The third kappa shape index (κ3) is 4.01. The van der Waals surface area contributed by atoms with Crippen molar-refractivity contribution < 1.29 is 27.8 Å². The van der Waals surface area contributed by atoms with Crippen LogP contribution in [0.5, 0.6) is 11.5 Å². The molecule has 0 heterocycles. The Bertz CT molecular complexity index is 450. The number of aliphatic hydroxyl groups is 1. The summed E-state index contributed by atoms with van der Waals surface area (Å²) in [7, 11) is 0. The number of rotatable bonds is 3. The summed E-state index contributed by atoms with van der Waals surface area (Å²) in [6.07, 6.45) is -3.26. The Balaban J connectivity index is 2.06. The highest BCUT2D eigenvalue weighted by atomic mass is 79.9. The minimum absolute atomic E-state index is 0.148. The number of benzene rings is 1. The molecule has 2 rings (SSSR count). The highest BCUT2D eigenvalue weighted by Gasteiger charge is 2.32. The maximum absolute atomic E-state index is 12.1. The highest BCUT2D eigenvalue weighted by molar-refractivity contribution is 9.10. The summed E-state index contributed by atoms with van der Waals surface area (Å²) in [5.74, 6) is 0.0687. The lowest BCUT2D eigenvalue weighted by Gasteiger charge is -2.18. The smallest absolute Gasteiger partial charge is 0.488 e. The van der Waals surface area contributed by atoms with Gasteiger partial charge < -0.3 is 14.6 Å². The molecule has 1 fully saturated rings. The molecule has 0 spiro atoms. The minimum atomic E-state index is -4.73. The van der Waals surface area contributed by atoms with Gasteiger partial charge in [-0.05, 0) is 53.4 Å². The van der Waals surface area contributed by atoms with Gasteiger partial charge >= 0.3 is 6.36 Å². The van der Waals surface area contributed by atoms with Crippen LogP contribution in [-0.4, -0.2) is 23.7 Å². The first-order valence-electron chi connectivity index (χ1n) is 5.75. The number of hydrogen-bond donors (Lipinski definition) is 1. The molecule has 19 heavy (non-hydrogen) atoms. The summed E-state index contributed by atoms with van der Waals surface area (Å²) in [6.45, 7) is 0. The second-order valence-corrected chi connectivity index (χ2v) is 5.15. The molecule has 0 aromatic heterocycles. The fraction of sp³-hybridized carbons (Fsp3) is 0.500. The monoisotopic (exact) mass is 340 g/mol. The Hall–Kier alpha value is -0.950. The van der Waals surface area contributed by atoms with Crippen molar-refractivity contribution in [1.29, 1.82) is 0 Å². The van der Waals surface area contributed by atoms with Gasteiger partial charge in [0.1, 0.15) is 17.6 Å². The first kappa shape index (κ1) is 14.5. The van der Waals surface area contributed by atoms with Crippen LogP contribution in [0.25, 0.3) is 0 Å². The van der Waals surface area contributed by atoms with Crippen LogP contribution in [0.4, 0.5) is 13.2 Å². The van der Waals surface area contributed by atoms with E-state index in [4.69, 9.17) is 4.74 Å². The zero-order valence-corrected chi connectivity index (χ0v) is 11.4. The molecule has 0 bridgehead atoms. The summed E-state index contributed by atoms with van der Waals surface area (Å²) in [5.41, 5.74) is 0. The SMILES string of the molecule is O[C@@H]1CCC[C@H]1Oc1ccc(OC(F)(F)F)c(Br)c1. The van der Waals surface area contributed by atoms with E-state index < -0.39 is 12.5 Å².